The summed E-state index contributed by atoms with van der Waals surface area (Å²) < 4.78 is 15.7. The smallest absolute Gasteiger partial charge is 0.351 e. The zero-order valence-corrected chi connectivity index (χ0v) is 16.3. The quantitative estimate of drug-likeness (QED) is 0.453. The van der Waals surface area contributed by atoms with Crippen LogP contribution in [0, 0.1) is 0 Å². The molecule has 154 valence electrons. The summed E-state index contributed by atoms with van der Waals surface area (Å²) in [7, 11) is 0. The lowest BCUT2D eigenvalue weighted by Gasteiger charge is -2.26. The van der Waals surface area contributed by atoms with Gasteiger partial charge in [0.1, 0.15) is 16.9 Å². The molecule has 3 aromatic rings. The number of furan rings is 1. The van der Waals surface area contributed by atoms with Crippen molar-refractivity contribution in [2.75, 3.05) is 6.61 Å². The third kappa shape index (κ3) is 4.35. The summed E-state index contributed by atoms with van der Waals surface area (Å²) >= 11 is 0. The maximum absolute atomic E-state index is 12.9. The van der Waals surface area contributed by atoms with Crippen LogP contribution in [0.4, 0.5) is 0 Å². The molecule has 1 aromatic carbocycles. The van der Waals surface area contributed by atoms with E-state index in [9.17, 15) is 14.4 Å². The van der Waals surface area contributed by atoms with E-state index in [0.29, 0.717) is 16.7 Å². The summed E-state index contributed by atoms with van der Waals surface area (Å²) in [5.41, 5.74) is 0.234. The number of rotatable bonds is 6. The fourth-order valence-corrected chi connectivity index (χ4v) is 3.46. The number of benzene rings is 1. The minimum atomic E-state index is -0.890. The topological polar surface area (TPSA) is 90.0 Å². The van der Waals surface area contributed by atoms with Crippen LogP contribution >= 0.6 is 0 Å². The lowest BCUT2D eigenvalue weighted by Crippen LogP contribution is -2.34. The summed E-state index contributed by atoms with van der Waals surface area (Å²) in [6.45, 7) is -0.226. The van der Waals surface area contributed by atoms with E-state index in [-0.39, 0.29) is 18.0 Å². The Hall–Kier alpha value is -3.61. The van der Waals surface area contributed by atoms with Gasteiger partial charge in [-0.25, -0.2) is 9.59 Å². The number of amides is 1. The molecule has 0 radical (unpaired) electrons. The second-order valence-electron chi connectivity index (χ2n) is 7.06. The fourth-order valence-electron chi connectivity index (χ4n) is 3.46. The van der Waals surface area contributed by atoms with Crippen LogP contribution in [0.3, 0.4) is 0 Å². The summed E-state index contributed by atoms with van der Waals surface area (Å²) in [6, 6.07) is 11.8. The first kappa shape index (κ1) is 19.7. The molecule has 7 nitrogen and oxygen atoms in total. The van der Waals surface area contributed by atoms with Crippen LogP contribution in [-0.2, 0) is 16.1 Å². The van der Waals surface area contributed by atoms with Gasteiger partial charge in [-0.05, 0) is 49.9 Å². The van der Waals surface area contributed by atoms with Crippen molar-refractivity contribution in [1.29, 1.82) is 0 Å². The number of fused-ring (bicyclic) bond motifs is 1. The highest BCUT2D eigenvalue weighted by Crippen LogP contribution is 2.23. The Balaban J connectivity index is 1.48. The number of hydrogen-bond donors (Lipinski definition) is 0. The molecule has 2 heterocycles. The van der Waals surface area contributed by atoms with Crippen molar-refractivity contribution in [3.05, 3.63) is 82.2 Å². The molecule has 0 aliphatic heterocycles. The first-order chi connectivity index (χ1) is 14.6. The van der Waals surface area contributed by atoms with Gasteiger partial charge in [-0.1, -0.05) is 24.3 Å². The van der Waals surface area contributed by atoms with Crippen LogP contribution in [0.5, 0.6) is 0 Å². The number of allylic oxidation sites excluding steroid dienone is 2. The van der Waals surface area contributed by atoms with Gasteiger partial charge in [0.25, 0.3) is 5.91 Å². The third-order valence-electron chi connectivity index (χ3n) is 5.00. The maximum atomic E-state index is 12.9. The standard InChI is InChI=1S/C23H21NO6/c25-21(24(14-18-10-6-12-28-18)17-8-2-1-3-9-17)15-29-22(26)19-13-16-7-4-5-11-20(16)30-23(19)27/h4-8,10-13H,1-3,9,14-15H2. The molecule has 1 aliphatic carbocycles. The molecular weight excluding hydrogens is 386 g/mol. The summed E-state index contributed by atoms with van der Waals surface area (Å²) in [4.78, 5) is 39.0. The zero-order valence-electron chi connectivity index (χ0n) is 16.3. The monoisotopic (exact) mass is 407 g/mol. The second kappa shape index (κ2) is 8.82. The Labute approximate surface area is 172 Å². The van der Waals surface area contributed by atoms with E-state index >= 15 is 0 Å². The number of carbonyl (C=O) groups excluding carboxylic acids is 2. The molecule has 30 heavy (non-hydrogen) atoms. The van der Waals surface area contributed by atoms with Crippen LogP contribution in [0.2, 0.25) is 0 Å². The summed E-state index contributed by atoms with van der Waals surface area (Å²) in [6.07, 6.45) is 7.32. The summed E-state index contributed by atoms with van der Waals surface area (Å²) in [5.74, 6) is -0.632. The van der Waals surface area contributed by atoms with Crippen molar-refractivity contribution in [2.24, 2.45) is 0 Å². The number of esters is 1. The molecule has 1 aliphatic rings. The van der Waals surface area contributed by atoms with E-state index in [4.69, 9.17) is 13.6 Å². The molecular formula is C23H21NO6. The minimum absolute atomic E-state index is 0.240. The molecule has 0 fully saturated rings. The lowest BCUT2D eigenvalue weighted by molar-refractivity contribution is -0.133. The first-order valence-corrected chi connectivity index (χ1v) is 9.83. The van der Waals surface area contributed by atoms with Crippen molar-refractivity contribution in [2.45, 2.75) is 32.2 Å². The van der Waals surface area contributed by atoms with Gasteiger partial charge in [0.15, 0.2) is 6.61 Å². The summed E-state index contributed by atoms with van der Waals surface area (Å²) in [5, 5.41) is 0.599. The van der Waals surface area contributed by atoms with Gasteiger partial charge in [0, 0.05) is 11.1 Å². The molecule has 0 spiro atoms. The SMILES string of the molecule is O=C(OCC(=O)N(Cc1ccco1)C1=CCCCC1)c1cc2ccccc2oc1=O. The zero-order chi connectivity index (χ0) is 20.9. The van der Waals surface area contributed by atoms with Crippen molar-refractivity contribution in [3.8, 4) is 0 Å². The molecule has 1 amide bonds. The van der Waals surface area contributed by atoms with Crippen LogP contribution in [0.15, 0.2) is 74.1 Å². The van der Waals surface area contributed by atoms with Crippen molar-refractivity contribution < 1.29 is 23.2 Å². The number of para-hydroxylation sites is 1. The molecule has 2 aromatic heterocycles. The van der Waals surface area contributed by atoms with Crippen LogP contribution in [0.25, 0.3) is 11.0 Å². The Morgan fingerprint density at radius 2 is 1.97 bits per heavy atom. The van der Waals surface area contributed by atoms with Gasteiger partial charge in [-0.2, -0.15) is 0 Å². The van der Waals surface area contributed by atoms with E-state index in [1.807, 2.05) is 6.08 Å². The van der Waals surface area contributed by atoms with Crippen molar-refractivity contribution in [3.63, 3.8) is 0 Å². The minimum Gasteiger partial charge on any atom is -0.467 e. The molecule has 0 saturated heterocycles. The van der Waals surface area contributed by atoms with Gasteiger partial charge in [0.05, 0.1) is 12.8 Å². The largest absolute Gasteiger partial charge is 0.467 e. The van der Waals surface area contributed by atoms with Gasteiger partial charge in [-0.15, -0.1) is 0 Å². The second-order valence-corrected chi connectivity index (χ2v) is 7.06. The average Bonchev–Trinajstić information content (AvgIpc) is 3.29. The highest BCUT2D eigenvalue weighted by molar-refractivity contribution is 5.94. The van der Waals surface area contributed by atoms with E-state index < -0.39 is 18.2 Å². The average molecular weight is 407 g/mol. The van der Waals surface area contributed by atoms with Gasteiger partial charge in [0.2, 0.25) is 0 Å². The Morgan fingerprint density at radius 3 is 2.73 bits per heavy atom. The van der Waals surface area contributed by atoms with E-state index in [1.54, 1.807) is 47.6 Å². The first-order valence-electron chi connectivity index (χ1n) is 9.83. The Kier molecular flexibility index (Phi) is 5.79. The predicted octanol–water partition coefficient (Wildman–Crippen LogP) is 4.03. The molecule has 0 bridgehead atoms. The number of carbonyl (C=O) groups is 2. The predicted molar refractivity (Wildman–Crippen MR) is 109 cm³/mol. The molecule has 0 N–H and O–H groups in total. The maximum Gasteiger partial charge on any atom is 0.351 e. The van der Waals surface area contributed by atoms with E-state index in [1.165, 1.54) is 6.07 Å². The Morgan fingerprint density at radius 1 is 1.10 bits per heavy atom. The van der Waals surface area contributed by atoms with Gasteiger partial charge >= 0.3 is 11.6 Å². The molecule has 0 atom stereocenters. The third-order valence-corrected chi connectivity index (χ3v) is 5.00. The highest BCUT2D eigenvalue weighted by Gasteiger charge is 2.23. The fraction of sp³-hybridized carbons (Fsp3) is 0.261. The molecule has 0 unspecified atom stereocenters. The van der Waals surface area contributed by atoms with Crippen LogP contribution < -0.4 is 5.63 Å². The lowest BCUT2D eigenvalue weighted by atomic mass is 10.0. The number of nitrogens with zero attached hydrogens (tertiary/aromatic N) is 1. The Bertz CT molecular complexity index is 1140. The van der Waals surface area contributed by atoms with Crippen molar-refractivity contribution >= 4 is 22.8 Å². The normalized spacial score (nSPS) is 13.7. The molecule has 4 rings (SSSR count). The van der Waals surface area contributed by atoms with E-state index in [2.05, 4.69) is 0 Å². The van der Waals surface area contributed by atoms with Crippen LogP contribution in [0.1, 0.15) is 41.8 Å². The molecule has 7 heteroatoms. The number of hydrogen-bond acceptors (Lipinski definition) is 6. The van der Waals surface area contributed by atoms with Crippen LogP contribution in [-0.4, -0.2) is 23.4 Å². The van der Waals surface area contributed by atoms with Gasteiger partial charge in [-0.3, -0.25) is 4.79 Å². The number of ether oxygens (including phenoxy) is 1. The van der Waals surface area contributed by atoms with E-state index in [0.717, 1.165) is 31.4 Å². The highest BCUT2D eigenvalue weighted by atomic mass is 16.5. The molecule has 0 saturated carbocycles. The van der Waals surface area contributed by atoms with Crippen molar-refractivity contribution in [1.82, 2.24) is 4.90 Å². The van der Waals surface area contributed by atoms with Gasteiger partial charge < -0.3 is 18.5 Å².